The van der Waals surface area contributed by atoms with Crippen molar-refractivity contribution in [3.8, 4) is 0 Å². The lowest BCUT2D eigenvalue weighted by Crippen LogP contribution is -2.38. The van der Waals surface area contributed by atoms with Crippen molar-refractivity contribution in [1.29, 1.82) is 0 Å². The summed E-state index contributed by atoms with van der Waals surface area (Å²) in [5.74, 6) is 0. The first-order valence-electron chi connectivity index (χ1n) is 7.26. The molecule has 0 bridgehead atoms. The first kappa shape index (κ1) is 11.7. The van der Waals surface area contributed by atoms with Crippen LogP contribution in [0.25, 0.3) is 10.2 Å². The van der Waals surface area contributed by atoms with Crippen LogP contribution in [0.4, 0.5) is 5.13 Å². The van der Waals surface area contributed by atoms with Gasteiger partial charge in [0.25, 0.3) is 0 Å². The van der Waals surface area contributed by atoms with E-state index in [0.29, 0.717) is 6.04 Å². The van der Waals surface area contributed by atoms with E-state index in [2.05, 4.69) is 34.5 Å². The number of benzene rings is 1. The minimum atomic E-state index is 0.660. The third kappa shape index (κ3) is 2.35. The summed E-state index contributed by atoms with van der Waals surface area (Å²) in [6, 6.07) is 9.87. The number of anilines is 1. The maximum absolute atomic E-state index is 4.83. The van der Waals surface area contributed by atoms with E-state index >= 15 is 0 Å². The lowest BCUT2D eigenvalue weighted by atomic mass is 10.2. The predicted octanol–water partition coefficient (Wildman–Crippen LogP) is 3.02. The Bertz CT molecular complexity index is 537. The van der Waals surface area contributed by atoms with Gasteiger partial charge in [-0.3, -0.25) is 0 Å². The molecule has 1 saturated carbocycles. The van der Waals surface area contributed by atoms with Crippen LogP contribution in [0.1, 0.15) is 25.7 Å². The van der Waals surface area contributed by atoms with Gasteiger partial charge >= 0.3 is 0 Å². The molecule has 19 heavy (non-hydrogen) atoms. The summed E-state index contributed by atoms with van der Waals surface area (Å²) < 4.78 is 1.31. The van der Waals surface area contributed by atoms with Crippen LogP contribution in [0.5, 0.6) is 0 Å². The summed E-state index contributed by atoms with van der Waals surface area (Å²) in [6.07, 6.45) is 5.31. The highest BCUT2D eigenvalue weighted by Crippen LogP contribution is 2.36. The van der Waals surface area contributed by atoms with Gasteiger partial charge in [0.2, 0.25) is 0 Å². The van der Waals surface area contributed by atoms with Crippen molar-refractivity contribution in [3.05, 3.63) is 24.3 Å². The van der Waals surface area contributed by atoms with Gasteiger partial charge in [-0.2, -0.15) is 0 Å². The molecule has 1 N–H and O–H groups in total. The molecule has 3 nitrogen and oxygen atoms in total. The van der Waals surface area contributed by atoms with Gasteiger partial charge in [-0.25, -0.2) is 4.98 Å². The molecule has 0 amide bonds. The van der Waals surface area contributed by atoms with Crippen molar-refractivity contribution in [2.75, 3.05) is 18.0 Å². The average Bonchev–Trinajstić information content (AvgIpc) is 2.99. The zero-order chi connectivity index (χ0) is 12.7. The first-order valence-corrected chi connectivity index (χ1v) is 8.07. The van der Waals surface area contributed by atoms with Crippen molar-refractivity contribution in [3.63, 3.8) is 0 Å². The third-order valence-electron chi connectivity index (χ3n) is 4.10. The van der Waals surface area contributed by atoms with Crippen LogP contribution in [-0.4, -0.2) is 30.2 Å². The van der Waals surface area contributed by atoms with Crippen molar-refractivity contribution >= 4 is 26.7 Å². The van der Waals surface area contributed by atoms with Crippen LogP contribution in [0.15, 0.2) is 24.3 Å². The Morgan fingerprint density at radius 3 is 2.89 bits per heavy atom. The Morgan fingerprint density at radius 1 is 1.26 bits per heavy atom. The molecule has 0 spiro atoms. The molecule has 4 rings (SSSR count). The summed E-state index contributed by atoms with van der Waals surface area (Å²) in [5, 5.41) is 4.83. The van der Waals surface area contributed by atoms with Crippen LogP contribution < -0.4 is 10.2 Å². The fraction of sp³-hybridized carbons (Fsp3) is 0.533. The molecule has 1 unspecified atom stereocenters. The molecule has 1 aliphatic heterocycles. The van der Waals surface area contributed by atoms with E-state index in [1.807, 2.05) is 11.3 Å². The highest BCUT2D eigenvalue weighted by atomic mass is 32.1. The van der Waals surface area contributed by atoms with Crippen LogP contribution in [-0.2, 0) is 0 Å². The molecule has 2 aliphatic rings. The number of aromatic nitrogens is 1. The van der Waals surface area contributed by atoms with Crippen LogP contribution >= 0.6 is 11.3 Å². The van der Waals surface area contributed by atoms with Gasteiger partial charge in [0.1, 0.15) is 0 Å². The number of rotatable bonds is 4. The van der Waals surface area contributed by atoms with E-state index < -0.39 is 0 Å². The van der Waals surface area contributed by atoms with Gasteiger partial charge in [0, 0.05) is 18.6 Å². The molecule has 2 heterocycles. The van der Waals surface area contributed by atoms with Crippen LogP contribution in [0.2, 0.25) is 0 Å². The molecule has 1 atom stereocenters. The maximum Gasteiger partial charge on any atom is 0.186 e. The third-order valence-corrected chi connectivity index (χ3v) is 5.17. The molecule has 2 fully saturated rings. The molecule has 100 valence electrons. The largest absolute Gasteiger partial charge is 0.344 e. The normalized spacial score (nSPS) is 23.1. The SMILES string of the molecule is c1ccc2sc(N(CC3CCCN3)C3CC3)nc2c1. The van der Waals surface area contributed by atoms with Crippen molar-refractivity contribution in [1.82, 2.24) is 10.3 Å². The predicted molar refractivity (Wildman–Crippen MR) is 81.0 cm³/mol. The van der Waals surface area contributed by atoms with Crippen molar-refractivity contribution < 1.29 is 0 Å². The summed E-state index contributed by atoms with van der Waals surface area (Å²) in [4.78, 5) is 7.38. The molecular weight excluding hydrogens is 254 g/mol. The lowest BCUT2D eigenvalue weighted by molar-refractivity contribution is 0.578. The van der Waals surface area contributed by atoms with Crippen LogP contribution in [0.3, 0.4) is 0 Å². The van der Waals surface area contributed by atoms with Gasteiger partial charge in [0.15, 0.2) is 5.13 Å². The Labute approximate surface area is 117 Å². The lowest BCUT2D eigenvalue weighted by Gasteiger charge is -2.25. The van der Waals surface area contributed by atoms with Crippen molar-refractivity contribution in [2.24, 2.45) is 0 Å². The van der Waals surface area contributed by atoms with Crippen molar-refractivity contribution in [2.45, 2.75) is 37.8 Å². The number of hydrogen-bond donors (Lipinski definition) is 1. The van der Waals surface area contributed by atoms with Gasteiger partial charge in [-0.05, 0) is 44.4 Å². The second-order valence-electron chi connectivity index (χ2n) is 5.64. The Hall–Kier alpha value is -1.13. The summed E-state index contributed by atoms with van der Waals surface area (Å²) in [7, 11) is 0. The highest BCUT2D eigenvalue weighted by Gasteiger charge is 2.33. The number of nitrogens with zero attached hydrogens (tertiary/aromatic N) is 2. The molecule has 2 aromatic rings. The Morgan fingerprint density at radius 2 is 2.16 bits per heavy atom. The smallest absolute Gasteiger partial charge is 0.186 e. The quantitative estimate of drug-likeness (QED) is 0.928. The topological polar surface area (TPSA) is 28.2 Å². The molecule has 1 aliphatic carbocycles. The standard InChI is InChI=1S/C15H19N3S/c1-2-6-14-13(5-1)17-15(19-14)18(12-7-8-12)10-11-4-3-9-16-11/h1-2,5-6,11-12,16H,3-4,7-10H2. The first-order chi connectivity index (χ1) is 9.40. The fourth-order valence-electron chi connectivity index (χ4n) is 2.90. The molecule has 0 radical (unpaired) electrons. The minimum Gasteiger partial charge on any atom is -0.344 e. The molecule has 1 aromatic carbocycles. The number of para-hydroxylation sites is 1. The highest BCUT2D eigenvalue weighted by molar-refractivity contribution is 7.22. The molecular formula is C15H19N3S. The van der Waals surface area contributed by atoms with Crippen LogP contribution in [0, 0.1) is 0 Å². The second-order valence-corrected chi connectivity index (χ2v) is 6.65. The van der Waals surface area contributed by atoms with E-state index in [9.17, 15) is 0 Å². The van der Waals surface area contributed by atoms with E-state index in [1.54, 1.807) is 0 Å². The average molecular weight is 273 g/mol. The van der Waals surface area contributed by atoms with Gasteiger partial charge in [-0.1, -0.05) is 23.5 Å². The molecule has 4 heteroatoms. The monoisotopic (exact) mass is 273 g/mol. The number of thiazole rings is 1. The summed E-state index contributed by atoms with van der Waals surface area (Å²) in [5.41, 5.74) is 1.15. The van der Waals surface area contributed by atoms with E-state index in [0.717, 1.165) is 18.1 Å². The van der Waals surface area contributed by atoms with Gasteiger partial charge in [-0.15, -0.1) is 0 Å². The maximum atomic E-state index is 4.83. The molecule has 1 aromatic heterocycles. The zero-order valence-electron chi connectivity index (χ0n) is 11.0. The Balaban J connectivity index is 1.61. The minimum absolute atomic E-state index is 0.660. The number of fused-ring (bicyclic) bond motifs is 1. The summed E-state index contributed by atoms with van der Waals surface area (Å²) >= 11 is 1.84. The molecule has 1 saturated heterocycles. The van der Waals surface area contributed by atoms with E-state index in [1.165, 1.54) is 42.1 Å². The summed E-state index contributed by atoms with van der Waals surface area (Å²) in [6.45, 7) is 2.31. The van der Waals surface area contributed by atoms with E-state index in [-0.39, 0.29) is 0 Å². The number of nitrogens with one attached hydrogen (secondary N) is 1. The number of hydrogen-bond acceptors (Lipinski definition) is 4. The fourth-order valence-corrected chi connectivity index (χ4v) is 3.95. The van der Waals surface area contributed by atoms with Gasteiger partial charge < -0.3 is 10.2 Å². The Kier molecular flexibility index (Phi) is 2.93. The zero-order valence-corrected chi connectivity index (χ0v) is 11.8. The van der Waals surface area contributed by atoms with Gasteiger partial charge in [0.05, 0.1) is 10.2 Å². The van der Waals surface area contributed by atoms with E-state index in [4.69, 9.17) is 4.98 Å². The second kappa shape index (κ2) is 4.76.